The average molecular weight is 279 g/mol. The lowest BCUT2D eigenvalue weighted by Crippen LogP contribution is -2.39. The van der Waals surface area contributed by atoms with Crippen LogP contribution >= 0.6 is 0 Å². The van der Waals surface area contributed by atoms with Gasteiger partial charge < -0.3 is 4.74 Å². The molecule has 110 valence electrons. The fourth-order valence-electron chi connectivity index (χ4n) is 2.73. The number of esters is 1. The summed E-state index contributed by atoms with van der Waals surface area (Å²) in [7, 11) is 0. The number of carbonyl (C=O) groups excluding carboxylic acids is 1. The Kier molecular flexibility index (Phi) is 5.12. The van der Waals surface area contributed by atoms with E-state index in [0.29, 0.717) is 6.61 Å². The highest BCUT2D eigenvalue weighted by atomic mass is 19.1. The van der Waals surface area contributed by atoms with Crippen LogP contribution in [0.2, 0.25) is 0 Å². The normalized spacial score (nSPS) is 19.9. The molecular formula is C16H22FNO2. The molecule has 4 heteroatoms. The maximum atomic E-state index is 13.1. The molecule has 20 heavy (non-hydrogen) atoms. The zero-order valence-corrected chi connectivity index (χ0v) is 12.2. The van der Waals surface area contributed by atoms with Crippen LogP contribution in [0.25, 0.3) is 0 Å². The van der Waals surface area contributed by atoms with E-state index in [2.05, 4.69) is 4.90 Å². The number of piperidine rings is 1. The summed E-state index contributed by atoms with van der Waals surface area (Å²) in [6.45, 7) is 6.67. The summed E-state index contributed by atoms with van der Waals surface area (Å²) in [5, 5.41) is 0. The quantitative estimate of drug-likeness (QED) is 0.794. The summed E-state index contributed by atoms with van der Waals surface area (Å²) < 4.78 is 18.2. The highest BCUT2D eigenvalue weighted by Gasteiger charge is 2.26. The Hall–Kier alpha value is -1.42. The van der Waals surface area contributed by atoms with Gasteiger partial charge in [0.2, 0.25) is 0 Å². The highest BCUT2D eigenvalue weighted by Crippen LogP contribution is 2.21. The number of likely N-dealkylation sites (tertiary alicyclic amines) is 1. The molecule has 1 heterocycles. The Bertz CT molecular complexity index is 476. The van der Waals surface area contributed by atoms with E-state index in [-0.39, 0.29) is 17.7 Å². The fraction of sp³-hybridized carbons (Fsp3) is 0.562. The molecule has 1 aliphatic rings. The van der Waals surface area contributed by atoms with E-state index in [0.717, 1.165) is 43.6 Å². The Morgan fingerprint density at radius 1 is 1.50 bits per heavy atom. The Labute approximate surface area is 119 Å². The fourth-order valence-corrected chi connectivity index (χ4v) is 2.73. The third-order valence-corrected chi connectivity index (χ3v) is 3.82. The van der Waals surface area contributed by atoms with Crippen LogP contribution in [-0.2, 0) is 16.1 Å². The molecule has 0 aliphatic carbocycles. The Balaban J connectivity index is 1.97. The minimum absolute atomic E-state index is 0.0237. The summed E-state index contributed by atoms with van der Waals surface area (Å²) >= 11 is 0. The van der Waals surface area contributed by atoms with Gasteiger partial charge in [0, 0.05) is 13.1 Å². The number of hydrogen-bond donors (Lipinski definition) is 0. The third kappa shape index (κ3) is 3.79. The number of benzene rings is 1. The molecule has 0 spiro atoms. The smallest absolute Gasteiger partial charge is 0.310 e. The predicted molar refractivity (Wildman–Crippen MR) is 75.8 cm³/mol. The lowest BCUT2D eigenvalue weighted by molar-refractivity contribution is -0.150. The first-order valence-corrected chi connectivity index (χ1v) is 7.24. The number of aryl methyl sites for hydroxylation is 1. The van der Waals surface area contributed by atoms with Gasteiger partial charge in [-0.25, -0.2) is 4.39 Å². The summed E-state index contributed by atoms with van der Waals surface area (Å²) in [5.41, 5.74) is 2.08. The number of nitrogens with zero attached hydrogens (tertiary/aromatic N) is 1. The van der Waals surface area contributed by atoms with E-state index >= 15 is 0 Å². The lowest BCUT2D eigenvalue weighted by atomic mass is 9.97. The monoisotopic (exact) mass is 279 g/mol. The van der Waals surface area contributed by atoms with Crippen LogP contribution in [0.15, 0.2) is 18.2 Å². The van der Waals surface area contributed by atoms with Gasteiger partial charge in [0.1, 0.15) is 5.82 Å². The van der Waals surface area contributed by atoms with Crippen molar-refractivity contribution in [3.63, 3.8) is 0 Å². The minimum atomic E-state index is -0.200. The van der Waals surface area contributed by atoms with Crippen molar-refractivity contribution < 1.29 is 13.9 Å². The van der Waals surface area contributed by atoms with Crippen LogP contribution in [0, 0.1) is 18.7 Å². The van der Waals surface area contributed by atoms with Crippen molar-refractivity contribution in [2.45, 2.75) is 33.2 Å². The minimum Gasteiger partial charge on any atom is -0.466 e. The molecule has 1 saturated heterocycles. The molecule has 1 atom stereocenters. The lowest BCUT2D eigenvalue weighted by Gasteiger charge is -2.31. The van der Waals surface area contributed by atoms with Crippen molar-refractivity contribution in [3.8, 4) is 0 Å². The van der Waals surface area contributed by atoms with Crippen molar-refractivity contribution >= 4 is 5.97 Å². The van der Waals surface area contributed by atoms with E-state index in [9.17, 15) is 9.18 Å². The average Bonchev–Trinajstić information content (AvgIpc) is 2.43. The zero-order chi connectivity index (χ0) is 14.5. The van der Waals surface area contributed by atoms with Gasteiger partial charge in [-0.2, -0.15) is 0 Å². The summed E-state index contributed by atoms with van der Waals surface area (Å²) in [4.78, 5) is 14.1. The van der Waals surface area contributed by atoms with Crippen LogP contribution in [-0.4, -0.2) is 30.6 Å². The van der Waals surface area contributed by atoms with Gasteiger partial charge in [0.15, 0.2) is 0 Å². The predicted octanol–water partition coefficient (Wildman–Crippen LogP) is 2.91. The zero-order valence-electron chi connectivity index (χ0n) is 12.2. The molecular weight excluding hydrogens is 257 g/mol. The Morgan fingerprint density at radius 2 is 2.30 bits per heavy atom. The number of rotatable bonds is 4. The number of halogens is 1. The number of hydrogen-bond acceptors (Lipinski definition) is 3. The molecule has 0 N–H and O–H groups in total. The number of carbonyl (C=O) groups is 1. The standard InChI is InChI=1S/C16H22FNO2/c1-3-20-16(19)14-5-4-8-18(11-14)10-13-6-7-15(17)9-12(13)2/h6-7,9,14H,3-5,8,10-11H2,1-2H3/t14-/m1/s1. The van der Waals surface area contributed by atoms with Crippen LogP contribution in [0.1, 0.15) is 30.9 Å². The van der Waals surface area contributed by atoms with Gasteiger partial charge in [0.05, 0.1) is 12.5 Å². The van der Waals surface area contributed by atoms with E-state index in [1.807, 2.05) is 19.9 Å². The topological polar surface area (TPSA) is 29.5 Å². The van der Waals surface area contributed by atoms with E-state index in [1.54, 1.807) is 6.07 Å². The van der Waals surface area contributed by atoms with Gasteiger partial charge in [-0.1, -0.05) is 6.07 Å². The van der Waals surface area contributed by atoms with Crippen molar-refractivity contribution in [3.05, 3.63) is 35.1 Å². The molecule has 0 amide bonds. The van der Waals surface area contributed by atoms with Crippen LogP contribution in [0.4, 0.5) is 4.39 Å². The SMILES string of the molecule is CCOC(=O)[C@@H]1CCCN(Cc2ccc(F)cc2C)C1. The van der Waals surface area contributed by atoms with Crippen molar-refractivity contribution in [2.24, 2.45) is 5.92 Å². The molecule has 1 aromatic carbocycles. The van der Waals surface area contributed by atoms with Gasteiger partial charge in [-0.15, -0.1) is 0 Å². The Morgan fingerprint density at radius 3 is 3.00 bits per heavy atom. The van der Waals surface area contributed by atoms with E-state index < -0.39 is 0 Å². The van der Waals surface area contributed by atoms with Gasteiger partial charge >= 0.3 is 5.97 Å². The maximum Gasteiger partial charge on any atom is 0.310 e. The molecule has 1 aromatic rings. The molecule has 3 nitrogen and oxygen atoms in total. The molecule has 2 rings (SSSR count). The maximum absolute atomic E-state index is 13.1. The first kappa shape index (κ1) is 15.0. The molecule has 0 saturated carbocycles. The summed E-state index contributed by atoms with van der Waals surface area (Å²) in [6.07, 6.45) is 1.90. The second kappa shape index (κ2) is 6.84. The largest absolute Gasteiger partial charge is 0.466 e. The van der Waals surface area contributed by atoms with Gasteiger partial charge in [0.25, 0.3) is 0 Å². The molecule has 1 fully saturated rings. The van der Waals surface area contributed by atoms with Crippen molar-refractivity contribution in [1.82, 2.24) is 4.90 Å². The molecule has 0 bridgehead atoms. The molecule has 1 aliphatic heterocycles. The van der Waals surface area contributed by atoms with Crippen LogP contribution in [0.5, 0.6) is 0 Å². The first-order valence-electron chi connectivity index (χ1n) is 7.24. The summed E-state index contributed by atoms with van der Waals surface area (Å²) in [5.74, 6) is -0.313. The van der Waals surface area contributed by atoms with Crippen LogP contribution in [0.3, 0.4) is 0 Å². The second-order valence-electron chi connectivity index (χ2n) is 5.40. The highest BCUT2D eigenvalue weighted by molar-refractivity contribution is 5.72. The van der Waals surface area contributed by atoms with Crippen LogP contribution < -0.4 is 0 Å². The van der Waals surface area contributed by atoms with E-state index in [4.69, 9.17) is 4.74 Å². The number of ether oxygens (including phenoxy) is 1. The third-order valence-electron chi connectivity index (χ3n) is 3.82. The first-order chi connectivity index (χ1) is 9.60. The van der Waals surface area contributed by atoms with E-state index in [1.165, 1.54) is 6.07 Å². The van der Waals surface area contributed by atoms with Crippen molar-refractivity contribution in [1.29, 1.82) is 0 Å². The van der Waals surface area contributed by atoms with Gasteiger partial charge in [-0.05, 0) is 56.5 Å². The second-order valence-corrected chi connectivity index (χ2v) is 5.40. The molecule has 0 radical (unpaired) electrons. The van der Waals surface area contributed by atoms with Crippen molar-refractivity contribution in [2.75, 3.05) is 19.7 Å². The summed E-state index contributed by atoms with van der Waals surface area (Å²) in [6, 6.07) is 4.88. The van der Waals surface area contributed by atoms with Gasteiger partial charge in [-0.3, -0.25) is 9.69 Å². The molecule has 0 unspecified atom stereocenters. The molecule has 0 aromatic heterocycles.